The average molecular weight is 510 g/mol. The number of guanidine groups is 1. The van der Waals surface area contributed by atoms with Crippen molar-refractivity contribution < 1.29 is 9.53 Å². The zero-order valence-corrected chi connectivity index (χ0v) is 19.6. The molecule has 1 amide bonds. The molecule has 3 N–H and O–H groups in total. The lowest BCUT2D eigenvalue weighted by atomic mass is 10.1. The van der Waals surface area contributed by atoms with Gasteiger partial charge in [-0.3, -0.25) is 9.79 Å². The molecule has 7 heteroatoms. The number of nitrogens with zero attached hydrogens (tertiary/aromatic N) is 1. The monoisotopic (exact) mass is 510 g/mol. The number of ether oxygens (including phenoxy) is 1. The fraction of sp³-hybridized carbons (Fsp3) is 0.364. The minimum absolute atomic E-state index is 0. The van der Waals surface area contributed by atoms with E-state index in [1.54, 1.807) is 7.05 Å². The molecule has 0 bridgehead atoms. The van der Waals surface area contributed by atoms with Crippen molar-refractivity contribution >= 4 is 35.8 Å². The van der Waals surface area contributed by atoms with Crippen LogP contribution in [0.1, 0.15) is 36.2 Å². The van der Waals surface area contributed by atoms with Gasteiger partial charge in [-0.05, 0) is 43.2 Å². The summed E-state index contributed by atoms with van der Waals surface area (Å²) in [4.78, 5) is 16.5. The first kappa shape index (κ1) is 24.7. The summed E-state index contributed by atoms with van der Waals surface area (Å²) in [6.07, 6.45) is 0.906. The largest absolute Gasteiger partial charge is 0.492 e. The summed E-state index contributed by atoms with van der Waals surface area (Å²) in [6, 6.07) is 17.5. The van der Waals surface area contributed by atoms with Gasteiger partial charge in [0.2, 0.25) is 0 Å². The molecule has 2 rings (SSSR count). The first-order valence-corrected chi connectivity index (χ1v) is 9.64. The minimum atomic E-state index is -0.0447. The number of amides is 1. The lowest BCUT2D eigenvalue weighted by Gasteiger charge is -2.14. The van der Waals surface area contributed by atoms with Gasteiger partial charge in [0.05, 0.1) is 6.54 Å². The summed E-state index contributed by atoms with van der Waals surface area (Å²) in [6.45, 7) is 5.79. The zero-order chi connectivity index (χ0) is 20.2. The van der Waals surface area contributed by atoms with Crippen molar-refractivity contribution in [3.63, 3.8) is 0 Å². The van der Waals surface area contributed by atoms with Crippen LogP contribution in [-0.4, -0.2) is 38.1 Å². The van der Waals surface area contributed by atoms with Gasteiger partial charge in [-0.25, -0.2) is 0 Å². The molecule has 6 nitrogen and oxygen atoms in total. The maximum absolute atomic E-state index is 12.3. The number of aliphatic imine (C=N–C) groups is 1. The van der Waals surface area contributed by atoms with E-state index >= 15 is 0 Å². The van der Waals surface area contributed by atoms with Crippen molar-refractivity contribution in [2.24, 2.45) is 4.99 Å². The van der Waals surface area contributed by atoms with Crippen LogP contribution in [0.25, 0.3) is 0 Å². The van der Waals surface area contributed by atoms with E-state index in [1.807, 2.05) is 61.5 Å². The van der Waals surface area contributed by atoms with Gasteiger partial charge >= 0.3 is 0 Å². The smallest absolute Gasteiger partial charge is 0.251 e. The van der Waals surface area contributed by atoms with Crippen LogP contribution in [0.2, 0.25) is 0 Å². The van der Waals surface area contributed by atoms with E-state index in [0.29, 0.717) is 31.2 Å². The van der Waals surface area contributed by atoms with Crippen LogP contribution in [-0.2, 0) is 6.54 Å². The standard InChI is InChI=1S/C22H30N4O2.HI/c1-4-17(2)26-21(27)19-10-8-9-18(15-19)16-25-22(23-3)24-13-14-28-20-11-6-5-7-12-20;/h5-12,15,17H,4,13-14,16H2,1-3H3,(H,26,27)(H2,23,24,25);1H. The topological polar surface area (TPSA) is 74.8 Å². The molecule has 158 valence electrons. The van der Waals surface area contributed by atoms with Gasteiger partial charge in [0, 0.05) is 25.2 Å². The molecular weight excluding hydrogens is 479 g/mol. The lowest BCUT2D eigenvalue weighted by Crippen LogP contribution is -2.39. The van der Waals surface area contributed by atoms with Gasteiger partial charge in [0.1, 0.15) is 12.4 Å². The van der Waals surface area contributed by atoms with Gasteiger partial charge in [0.25, 0.3) is 5.91 Å². The Morgan fingerprint density at radius 3 is 2.55 bits per heavy atom. The molecule has 0 aliphatic rings. The van der Waals surface area contributed by atoms with E-state index in [2.05, 4.69) is 27.9 Å². The number of benzene rings is 2. The SMILES string of the molecule is CCC(C)NC(=O)c1cccc(CNC(=NC)NCCOc2ccccc2)c1.I. The second kappa shape index (κ2) is 13.8. The van der Waals surface area contributed by atoms with Crippen molar-refractivity contribution in [2.45, 2.75) is 32.9 Å². The summed E-state index contributed by atoms with van der Waals surface area (Å²) < 4.78 is 5.66. The molecular formula is C22H31IN4O2. The highest BCUT2D eigenvalue weighted by molar-refractivity contribution is 14.0. The Kier molecular flexibility index (Phi) is 11.8. The van der Waals surface area contributed by atoms with Crippen molar-refractivity contribution in [1.82, 2.24) is 16.0 Å². The maximum atomic E-state index is 12.3. The van der Waals surface area contributed by atoms with Crippen LogP contribution in [0.4, 0.5) is 0 Å². The van der Waals surface area contributed by atoms with E-state index in [1.165, 1.54) is 0 Å². The molecule has 0 aliphatic carbocycles. The third-order valence-corrected chi connectivity index (χ3v) is 4.27. The van der Waals surface area contributed by atoms with Crippen LogP contribution in [0, 0.1) is 0 Å². The first-order valence-electron chi connectivity index (χ1n) is 9.64. The van der Waals surface area contributed by atoms with Gasteiger partial charge in [-0.1, -0.05) is 37.3 Å². The Morgan fingerprint density at radius 2 is 1.86 bits per heavy atom. The summed E-state index contributed by atoms with van der Waals surface area (Å²) in [5, 5.41) is 9.46. The third kappa shape index (κ3) is 9.17. The number of carbonyl (C=O) groups is 1. The van der Waals surface area contributed by atoms with E-state index in [-0.39, 0.29) is 35.9 Å². The molecule has 0 saturated heterocycles. The highest BCUT2D eigenvalue weighted by Crippen LogP contribution is 2.08. The Bertz CT molecular complexity index is 768. The van der Waals surface area contributed by atoms with Gasteiger partial charge in [-0.2, -0.15) is 0 Å². The molecule has 0 fully saturated rings. The van der Waals surface area contributed by atoms with E-state index < -0.39 is 0 Å². The Balaban J connectivity index is 0.00000420. The normalized spacial score (nSPS) is 11.8. The fourth-order valence-electron chi connectivity index (χ4n) is 2.49. The molecule has 0 heterocycles. The Labute approximate surface area is 190 Å². The number of para-hydroxylation sites is 1. The predicted molar refractivity (Wildman–Crippen MR) is 129 cm³/mol. The minimum Gasteiger partial charge on any atom is -0.492 e. The van der Waals surface area contributed by atoms with Crippen molar-refractivity contribution in [1.29, 1.82) is 0 Å². The second-order valence-corrected chi connectivity index (χ2v) is 6.50. The highest BCUT2D eigenvalue weighted by Gasteiger charge is 2.09. The number of nitrogens with one attached hydrogen (secondary N) is 3. The average Bonchev–Trinajstić information content (AvgIpc) is 2.74. The van der Waals surface area contributed by atoms with Crippen LogP contribution in [0.3, 0.4) is 0 Å². The number of rotatable bonds is 9. The molecule has 0 aromatic heterocycles. The lowest BCUT2D eigenvalue weighted by molar-refractivity contribution is 0.0939. The van der Waals surface area contributed by atoms with Crippen LogP contribution in [0.15, 0.2) is 59.6 Å². The zero-order valence-electron chi connectivity index (χ0n) is 17.3. The molecule has 29 heavy (non-hydrogen) atoms. The van der Waals surface area contributed by atoms with E-state index in [9.17, 15) is 4.79 Å². The van der Waals surface area contributed by atoms with Gasteiger partial charge in [0.15, 0.2) is 5.96 Å². The van der Waals surface area contributed by atoms with Crippen molar-refractivity contribution in [3.05, 3.63) is 65.7 Å². The molecule has 2 aromatic carbocycles. The summed E-state index contributed by atoms with van der Waals surface area (Å²) >= 11 is 0. The Morgan fingerprint density at radius 1 is 1.10 bits per heavy atom. The fourth-order valence-corrected chi connectivity index (χ4v) is 2.49. The summed E-state index contributed by atoms with van der Waals surface area (Å²) in [7, 11) is 1.73. The third-order valence-electron chi connectivity index (χ3n) is 4.27. The second-order valence-electron chi connectivity index (χ2n) is 6.50. The van der Waals surface area contributed by atoms with E-state index in [4.69, 9.17) is 4.74 Å². The number of halogens is 1. The number of carbonyl (C=O) groups excluding carboxylic acids is 1. The quantitative estimate of drug-likeness (QED) is 0.209. The highest BCUT2D eigenvalue weighted by atomic mass is 127. The molecule has 0 radical (unpaired) electrons. The molecule has 0 saturated carbocycles. The molecule has 2 aromatic rings. The van der Waals surface area contributed by atoms with E-state index in [0.717, 1.165) is 17.7 Å². The first-order chi connectivity index (χ1) is 13.6. The maximum Gasteiger partial charge on any atom is 0.251 e. The molecule has 0 aliphatic heterocycles. The van der Waals surface area contributed by atoms with Crippen LogP contribution >= 0.6 is 24.0 Å². The van der Waals surface area contributed by atoms with Gasteiger partial charge in [-0.15, -0.1) is 24.0 Å². The van der Waals surface area contributed by atoms with Gasteiger partial charge < -0.3 is 20.7 Å². The van der Waals surface area contributed by atoms with Crippen LogP contribution in [0.5, 0.6) is 5.75 Å². The Hall–Kier alpha value is -2.29. The molecule has 1 unspecified atom stereocenters. The number of hydrogen-bond acceptors (Lipinski definition) is 3. The van der Waals surface area contributed by atoms with Crippen molar-refractivity contribution in [2.75, 3.05) is 20.2 Å². The summed E-state index contributed by atoms with van der Waals surface area (Å²) in [5.41, 5.74) is 1.68. The van der Waals surface area contributed by atoms with Crippen molar-refractivity contribution in [3.8, 4) is 5.75 Å². The number of hydrogen-bond donors (Lipinski definition) is 3. The van der Waals surface area contributed by atoms with Crippen LogP contribution < -0.4 is 20.7 Å². The predicted octanol–water partition coefficient (Wildman–Crippen LogP) is 3.58. The molecule has 0 spiro atoms. The molecule has 1 atom stereocenters. The summed E-state index contributed by atoms with van der Waals surface area (Å²) in [5.74, 6) is 1.49.